The highest BCUT2D eigenvalue weighted by Crippen LogP contribution is 2.44. The van der Waals surface area contributed by atoms with Crippen molar-refractivity contribution in [3.05, 3.63) is 40.2 Å². The molecule has 180 valence electrons. The Balaban J connectivity index is 1.60. The highest BCUT2D eigenvalue weighted by molar-refractivity contribution is 7.17. The van der Waals surface area contributed by atoms with Crippen molar-refractivity contribution in [1.29, 1.82) is 0 Å². The lowest BCUT2D eigenvalue weighted by atomic mass is 9.91. The summed E-state index contributed by atoms with van der Waals surface area (Å²) >= 11 is 1.27. The molecule has 4 heterocycles. The van der Waals surface area contributed by atoms with Gasteiger partial charge >= 0.3 is 0 Å². The lowest BCUT2D eigenvalue weighted by molar-refractivity contribution is 0.0533. The highest BCUT2D eigenvalue weighted by atomic mass is 32.1. The summed E-state index contributed by atoms with van der Waals surface area (Å²) in [6.45, 7) is 10.5. The molecule has 1 unspecified atom stereocenters. The summed E-state index contributed by atoms with van der Waals surface area (Å²) in [6, 6.07) is 6.03. The first-order chi connectivity index (χ1) is 16.1. The maximum absolute atomic E-state index is 12.7. The van der Waals surface area contributed by atoms with E-state index in [4.69, 9.17) is 9.72 Å². The number of nitrogens with one attached hydrogen (secondary N) is 1. The SMILES string of the molecule is Cc1nn(C(C)C)c(CO)c1-c1ccc2c(c1)N(c1nc3c(s1)C(=O)NC(C)(C)C3O)CCO2. The van der Waals surface area contributed by atoms with Crippen LogP contribution in [0, 0.1) is 6.92 Å². The van der Waals surface area contributed by atoms with Crippen LogP contribution >= 0.6 is 11.3 Å². The fraction of sp³-hybridized carbons (Fsp3) is 0.458. The lowest BCUT2D eigenvalue weighted by Gasteiger charge is -2.34. The number of hydrogen-bond acceptors (Lipinski definition) is 8. The van der Waals surface area contributed by atoms with Crippen LogP contribution in [-0.4, -0.2) is 49.6 Å². The van der Waals surface area contributed by atoms with Gasteiger partial charge in [0.15, 0.2) is 5.13 Å². The number of carbonyl (C=O) groups excluding carboxylic acids is 1. The molecule has 0 saturated carbocycles. The fourth-order valence-electron chi connectivity index (χ4n) is 4.66. The number of fused-ring (bicyclic) bond motifs is 2. The Labute approximate surface area is 202 Å². The molecule has 0 bridgehead atoms. The number of nitrogens with zero attached hydrogens (tertiary/aromatic N) is 4. The summed E-state index contributed by atoms with van der Waals surface area (Å²) in [7, 11) is 0. The molecule has 10 heteroatoms. The smallest absolute Gasteiger partial charge is 0.263 e. The Morgan fingerprint density at radius 2 is 2.12 bits per heavy atom. The summed E-state index contributed by atoms with van der Waals surface area (Å²) in [6.07, 6.45) is -0.895. The second-order valence-corrected chi connectivity index (χ2v) is 10.6. The fourth-order valence-corrected chi connectivity index (χ4v) is 5.70. The first kappa shape index (κ1) is 22.8. The van der Waals surface area contributed by atoms with E-state index in [2.05, 4.69) is 10.4 Å². The van der Waals surface area contributed by atoms with E-state index >= 15 is 0 Å². The van der Waals surface area contributed by atoms with Gasteiger partial charge in [0.05, 0.1) is 41.5 Å². The number of rotatable bonds is 4. The molecule has 2 aliphatic rings. The van der Waals surface area contributed by atoms with Crippen LogP contribution in [0.2, 0.25) is 0 Å². The van der Waals surface area contributed by atoms with E-state index in [1.54, 1.807) is 13.8 Å². The van der Waals surface area contributed by atoms with Crippen LogP contribution in [0.15, 0.2) is 18.2 Å². The monoisotopic (exact) mass is 483 g/mol. The van der Waals surface area contributed by atoms with Gasteiger partial charge < -0.3 is 25.2 Å². The van der Waals surface area contributed by atoms with Crippen molar-refractivity contribution in [3.63, 3.8) is 0 Å². The zero-order valence-electron chi connectivity index (χ0n) is 19.9. The number of aliphatic hydroxyl groups excluding tert-OH is 2. The first-order valence-corrected chi connectivity index (χ1v) is 12.2. The number of amides is 1. The van der Waals surface area contributed by atoms with Gasteiger partial charge in [-0.1, -0.05) is 17.4 Å². The maximum Gasteiger partial charge on any atom is 0.263 e. The van der Waals surface area contributed by atoms with Crippen LogP contribution < -0.4 is 15.0 Å². The van der Waals surface area contributed by atoms with E-state index in [1.807, 2.05) is 48.6 Å². The Hall–Kier alpha value is -2.95. The molecule has 3 aromatic rings. The van der Waals surface area contributed by atoms with Crippen LogP contribution in [0.3, 0.4) is 0 Å². The molecule has 2 aliphatic heterocycles. The molecule has 9 nitrogen and oxygen atoms in total. The summed E-state index contributed by atoms with van der Waals surface area (Å²) < 4.78 is 7.77. The van der Waals surface area contributed by atoms with Gasteiger partial charge in [0.2, 0.25) is 0 Å². The van der Waals surface area contributed by atoms with Crippen molar-refractivity contribution in [2.75, 3.05) is 18.1 Å². The summed E-state index contributed by atoms with van der Waals surface area (Å²) in [5.41, 5.74) is 3.87. The van der Waals surface area contributed by atoms with Crippen LogP contribution in [0.5, 0.6) is 5.75 Å². The van der Waals surface area contributed by atoms with Crippen molar-refractivity contribution >= 4 is 28.1 Å². The van der Waals surface area contributed by atoms with Gasteiger partial charge in [-0.05, 0) is 52.3 Å². The Bertz CT molecular complexity index is 1280. The summed E-state index contributed by atoms with van der Waals surface area (Å²) in [5, 5.41) is 29.1. The molecule has 3 N–H and O–H groups in total. The van der Waals surface area contributed by atoms with Crippen molar-refractivity contribution in [2.24, 2.45) is 0 Å². The quantitative estimate of drug-likeness (QED) is 0.521. The van der Waals surface area contributed by atoms with E-state index < -0.39 is 11.6 Å². The molecule has 0 saturated heterocycles. The third kappa shape index (κ3) is 3.48. The topological polar surface area (TPSA) is 113 Å². The zero-order valence-corrected chi connectivity index (χ0v) is 20.7. The minimum absolute atomic E-state index is 0.117. The van der Waals surface area contributed by atoms with E-state index in [0.717, 1.165) is 28.2 Å². The molecule has 1 amide bonds. The molecule has 0 aliphatic carbocycles. The summed E-state index contributed by atoms with van der Waals surface area (Å²) in [5.74, 6) is 0.494. The average molecular weight is 484 g/mol. The van der Waals surface area contributed by atoms with Crippen LogP contribution in [0.25, 0.3) is 11.1 Å². The van der Waals surface area contributed by atoms with Gasteiger partial charge in [-0.25, -0.2) is 4.98 Å². The van der Waals surface area contributed by atoms with E-state index in [-0.39, 0.29) is 18.6 Å². The third-order valence-corrected chi connectivity index (χ3v) is 7.48. The Kier molecular flexibility index (Phi) is 5.42. The molecular weight excluding hydrogens is 454 g/mol. The number of benzene rings is 1. The molecule has 2 aromatic heterocycles. The van der Waals surface area contributed by atoms with E-state index in [1.165, 1.54) is 11.3 Å². The molecule has 34 heavy (non-hydrogen) atoms. The Morgan fingerprint density at radius 1 is 1.35 bits per heavy atom. The molecule has 5 rings (SSSR count). The number of thiazole rings is 1. The molecule has 1 aromatic carbocycles. The van der Waals surface area contributed by atoms with Crippen molar-refractivity contribution in [3.8, 4) is 16.9 Å². The number of aromatic nitrogens is 3. The van der Waals surface area contributed by atoms with Gasteiger partial charge in [-0.3, -0.25) is 9.48 Å². The standard InChI is InChI=1S/C24H29N5O4S/c1-12(2)29-16(11-30)18(13(3)27-29)14-6-7-17-15(10-14)28(8-9-33-17)23-25-19-20(34-23)22(32)26-24(4,5)21(19)31/h6-7,10,12,21,30-31H,8-9,11H2,1-5H3,(H,26,32). The van der Waals surface area contributed by atoms with Crippen LogP contribution in [0.4, 0.5) is 10.8 Å². The second kappa shape index (κ2) is 8.07. The second-order valence-electron chi connectivity index (χ2n) is 9.58. The average Bonchev–Trinajstić information content (AvgIpc) is 3.38. The van der Waals surface area contributed by atoms with Crippen molar-refractivity contribution in [2.45, 2.75) is 58.9 Å². The van der Waals surface area contributed by atoms with Gasteiger partial charge in [-0.15, -0.1) is 0 Å². The Morgan fingerprint density at radius 3 is 2.82 bits per heavy atom. The van der Waals surface area contributed by atoms with Crippen LogP contribution in [-0.2, 0) is 6.61 Å². The number of carbonyl (C=O) groups is 1. The summed E-state index contributed by atoms with van der Waals surface area (Å²) in [4.78, 5) is 19.8. The zero-order chi connectivity index (χ0) is 24.4. The number of anilines is 2. The molecule has 1 atom stereocenters. The number of aryl methyl sites for hydroxylation is 1. The number of ether oxygens (including phenoxy) is 1. The van der Waals surface area contributed by atoms with E-state index in [9.17, 15) is 15.0 Å². The molecule has 0 radical (unpaired) electrons. The number of aliphatic hydroxyl groups is 2. The number of hydrogen-bond donors (Lipinski definition) is 3. The lowest BCUT2D eigenvalue weighted by Crippen LogP contribution is -2.51. The third-order valence-electron chi connectivity index (χ3n) is 6.39. The maximum atomic E-state index is 12.7. The van der Waals surface area contributed by atoms with Crippen molar-refractivity contribution < 1.29 is 19.7 Å². The van der Waals surface area contributed by atoms with Gasteiger partial charge in [0.1, 0.15) is 23.3 Å². The minimum Gasteiger partial charge on any atom is -0.490 e. The van der Waals surface area contributed by atoms with Gasteiger partial charge in [0, 0.05) is 11.6 Å². The predicted octanol–water partition coefficient (Wildman–Crippen LogP) is 3.47. The molecular formula is C24H29N5O4S. The molecule has 0 fully saturated rings. The van der Waals surface area contributed by atoms with Crippen molar-refractivity contribution in [1.82, 2.24) is 20.1 Å². The van der Waals surface area contributed by atoms with Gasteiger partial charge in [0.25, 0.3) is 5.91 Å². The largest absolute Gasteiger partial charge is 0.490 e. The van der Waals surface area contributed by atoms with Crippen LogP contribution in [0.1, 0.15) is 66.6 Å². The molecule has 0 spiro atoms. The van der Waals surface area contributed by atoms with E-state index in [0.29, 0.717) is 34.6 Å². The van der Waals surface area contributed by atoms with Gasteiger partial charge in [-0.2, -0.15) is 5.10 Å². The minimum atomic E-state index is -0.895. The predicted molar refractivity (Wildman–Crippen MR) is 130 cm³/mol. The highest BCUT2D eigenvalue weighted by Gasteiger charge is 2.42. The first-order valence-electron chi connectivity index (χ1n) is 11.4. The normalized spacial score (nSPS) is 19.0.